The zero-order valence-electron chi connectivity index (χ0n) is 23.7. The van der Waals surface area contributed by atoms with Crippen molar-refractivity contribution in [3.8, 4) is 28.6 Å². The summed E-state index contributed by atoms with van der Waals surface area (Å²) in [5.41, 5.74) is 6.62. The van der Waals surface area contributed by atoms with Gasteiger partial charge in [0.05, 0.1) is 25.1 Å². The van der Waals surface area contributed by atoms with Crippen LogP contribution in [0.2, 0.25) is 0 Å². The average molecular weight is 560 g/mol. The van der Waals surface area contributed by atoms with Gasteiger partial charge in [0.15, 0.2) is 17.2 Å². The fourth-order valence-electron chi connectivity index (χ4n) is 5.28. The summed E-state index contributed by atoms with van der Waals surface area (Å²) in [6, 6.07) is 9.91. The van der Waals surface area contributed by atoms with Gasteiger partial charge in [-0.3, -0.25) is 13.9 Å². The van der Waals surface area contributed by atoms with E-state index in [1.807, 2.05) is 45.9 Å². The van der Waals surface area contributed by atoms with Crippen molar-refractivity contribution in [2.24, 2.45) is 4.99 Å². The minimum absolute atomic E-state index is 0.104. The van der Waals surface area contributed by atoms with Gasteiger partial charge in [0.1, 0.15) is 5.49 Å². The molecule has 3 N–H and O–H groups in total. The largest absolute Gasteiger partial charge is 0.493 e. The second-order valence-corrected chi connectivity index (χ2v) is 9.94. The van der Waals surface area contributed by atoms with E-state index in [9.17, 15) is 14.7 Å². The van der Waals surface area contributed by atoms with E-state index in [-0.39, 0.29) is 24.5 Å². The molecule has 0 unspecified atom stereocenters. The Balaban J connectivity index is 1.63. The summed E-state index contributed by atoms with van der Waals surface area (Å²) >= 11 is 0. The summed E-state index contributed by atoms with van der Waals surface area (Å²) in [7, 11) is 1.59. The molecule has 0 spiro atoms. The van der Waals surface area contributed by atoms with Gasteiger partial charge in [-0.05, 0) is 62.9 Å². The SMILES string of the molecule is CCOc1cc2c(cc1OC)-c1c/c(=N\c3c(C)cc(C)cc3C)n(CCNC(=O)c3[nH]nnc3O)c(=O)n1CC2. The fraction of sp³-hybridized carbons (Fsp3) is 0.345. The number of hydrogen-bond acceptors (Lipinski definition) is 8. The van der Waals surface area contributed by atoms with Crippen molar-refractivity contribution in [3.05, 3.63) is 74.3 Å². The molecule has 1 aliphatic heterocycles. The lowest BCUT2D eigenvalue weighted by atomic mass is 9.97. The maximum atomic E-state index is 14.0. The number of carbonyl (C=O) groups excluding carboxylic acids is 1. The summed E-state index contributed by atoms with van der Waals surface area (Å²) in [5.74, 6) is 0.180. The Bertz CT molecular complexity index is 1740. The van der Waals surface area contributed by atoms with E-state index in [4.69, 9.17) is 14.5 Å². The number of benzene rings is 2. The summed E-state index contributed by atoms with van der Waals surface area (Å²) in [4.78, 5) is 31.4. The third kappa shape index (κ3) is 5.32. The Hall–Kier alpha value is -4.87. The maximum absolute atomic E-state index is 14.0. The summed E-state index contributed by atoms with van der Waals surface area (Å²) in [6.07, 6.45) is 0.641. The van der Waals surface area contributed by atoms with E-state index in [0.29, 0.717) is 36.6 Å². The standard InChI is InChI=1S/C29H33N7O5/c1-6-41-23-13-19-7-9-35-21(20(19)14-22(23)40-5)15-24(31-25-17(3)11-16(2)12-18(25)4)36(29(35)39)10-8-30-27(37)26-28(38)33-34-32-26/h11-15H,6-10H2,1-5H3,(H,30,37)(H2,32,33,34,38)/b31-24+. The van der Waals surface area contributed by atoms with Crippen LogP contribution >= 0.6 is 0 Å². The van der Waals surface area contributed by atoms with Gasteiger partial charge in [0.2, 0.25) is 0 Å². The molecule has 0 bridgehead atoms. The van der Waals surface area contributed by atoms with Gasteiger partial charge in [-0.1, -0.05) is 28.0 Å². The topological polar surface area (TPSA) is 149 Å². The molecule has 0 radical (unpaired) electrons. The van der Waals surface area contributed by atoms with Crippen LogP contribution in [-0.2, 0) is 19.5 Å². The van der Waals surface area contributed by atoms with E-state index in [1.54, 1.807) is 16.2 Å². The number of hydrogen-bond donors (Lipinski definition) is 3. The predicted molar refractivity (Wildman–Crippen MR) is 152 cm³/mol. The number of aromatic hydroxyl groups is 1. The van der Waals surface area contributed by atoms with Crippen molar-refractivity contribution in [1.29, 1.82) is 0 Å². The van der Waals surface area contributed by atoms with Gasteiger partial charge in [-0.25, -0.2) is 14.9 Å². The minimum atomic E-state index is -0.582. The first-order valence-corrected chi connectivity index (χ1v) is 13.4. The highest BCUT2D eigenvalue weighted by atomic mass is 16.5. The van der Waals surface area contributed by atoms with Crippen LogP contribution in [0, 0.1) is 20.8 Å². The molecule has 0 atom stereocenters. The lowest BCUT2D eigenvalue weighted by Gasteiger charge is -2.25. The monoisotopic (exact) mass is 559 g/mol. The highest BCUT2D eigenvalue weighted by Gasteiger charge is 2.23. The fourth-order valence-corrected chi connectivity index (χ4v) is 5.28. The van der Waals surface area contributed by atoms with E-state index in [1.165, 1.54) is 0 Å². The Labute approximate surface area is 236 Å². The molecule has 2 aromatic carbocycles. The molecule has 3 heterocycles. The average Bonchev–Trinajstić information content (AvgIpc) is 3.37. The highest BCUT2D eigenvalue weighted by Crippen LogP contribution is 2.37. The van der Waals surface area contributed by atoms with Crippen molar-refractivity contribution in [2.75, 3.05) is 20.3 Å². The Morgan fingerprint density at radius 1 is 1.15 bits per heavy atom. The molecule has 0 aliphatic carbocycles. The van der Waals surface area contributed by atoms with Gasteiger partial charge in [0, 0.05) is 31.3 Å². The van der Waals surface area contributed by atoms with Crippen molar-refractivity contribution in [2.45, 2.75) is 47.2 Å². The van der Waals surface area contributed by atoms with Crippen molar-refractivity contribution in [3.63, 3.8) is 0 Å². The molecular weight excluding hydrogens is 526 g/mol. The lowest BCUT2D eigenvalue weighted by Crippen LogP contribution is -2.44. The number of nitrogens with one attached hydrogen (secondary N) is 2. The number of nitrogens with zero attached hydrogens (tertiary/aromatic N) is 5. The smallest absolute Gasteiger partial charge is 0.330 e. The lowest BCUT2D eigenvalue weighted by molar-refractivity contribution is 0.0944. The molecule has 4 aromatic rings. The number of methoxy groups -OCH3 is 1. The minimum Gasteiger partial charge on any atom is -0.493 e. The zero-order chi connectivity index (χ0) is 29.3. The van der Waals surface area contributed by atoms with Crippen LogP contribution in [-0.4, -0.2) is 55.8 Å². The van der Waals surface area contributed by atoms with Crippen molar-refractivity contribution in [1.82, 2.24) is 29.9 Å². The molecule has 5 rings (SSSR count). The van der Waals surface area contributed by atoms with E-state index in [2.05, 4.69) is 32.9 Å². The Kier molecular flexibility index (Phi) is 7.64. The van der Waals surface area contributed by atoms with Gasteiger partial charge in [0.25, 0.3) is 11.8 Å². The van der Waals surface area contributed by atoms with E-state index < -0.39 is 11.8 Å². The van der Waals surface area contributed by atoms with E-state index in [0.717, 1.165) is 39.2 Å². The molecule has 0 saturated heterocycles. The zero-order valence-corrected chi connectivity index (χ0v) is 23.7. The first-order valence-electron chi connectivity index (χ1n) is 13.4. The van der Waals surface area contributed by atoms with Gasteiger partial charge < -0.3 is 19.9 Å². The quantitative estimate of drug-likeness (QED) is 0.301. The van der Waals surface area contributed by atoms with Crippen molar-refractivity contribution < 1.29 is 19.4 Å². The van der Waals surface area contributed by atoms with Crippen LogP contribution < -0.4 is 26.0 Å². The molecular formula is C29H33N7O5. The number of ether oxygens (including phenoxy) is 2. The molecule has 12 nitrogen and oxygen atoms in total. The third-order valence-corrected chi connectivity index (χ3v) is 7.10. The van der Waals surface area contributed by atoms with Crippen LogP contribution in [0.1, 0.15) is 39.7 Å². The summed E-state index contributed by atoms with van der Waals surface area (Å²) in [5, 5.41) is 21.6. The molecule has 1 amide bonds. The van der Waals surface area contributed by atoms with Gasteiger partial charge >= 0.3 is 5.69 Å². The predicted octanol–water partition coefficient (Wildman–Crippen LogP) is 2.69. The van der Waals surface area contributed by atoms with E-state index >= 15 is 0 Å². The summed E-state index contributed by atoms with van der Waals surface area (Å²) < 4.78 is 14.7. The van der Waals surface area contributed by atoms with Gasteiger partial charge in [-0.15, -0.1) is 0 Å². The van der Waals surface area contributed by atoms with Crippen LogP contribution in [0.3, 0.4) is 0 Å². The number of carbonyl (C=O) groups is 1. The number of amides is 1. The van der Waals surface area contributed by atoms with Crippen LogP contribution in [0.15, 0.2) is 40.1 Å². The number of H-pyrrole nitrogens is 1. The van der Waals surface area contributed by atoms with Crippen LogP contribution in [0.5, 0.6) is 17.4 Å². The van der Waals surface area contributed by atoms with Crippen molar-refractivity contribution >= 4 is 11.6 Å². The first-order chi connectivity index (χ1) is 19.7. The number of rotatable bonds is 8. The number of fused-ring (bicyclic) bond motifs is 3. The van der Waals surface area contributed by atoms with Gasteiger partial charge in [-0.2, -0.15) is 0 Å². The van der Waals surface area contributed by atoms with Crippen LogP contribution in [0.4, 0.5) is 5.69 Å². The second kappa shape index (κ2) is 11.3. The number of aryl methyl sites for hydroxylation is 4. The molecule has 2 aromatic heterocycles. The molecule has 41 heavy (non-hydrogen) atoms. The highest BCUT2D eigenvalue weighted by molar-refractivity contribution is 5.94. The molecule has 1 aliphatic rings. The van der Waals surface area contributed by atoms with Crippen LogP contribution in [0.25, 0.3) is 11.3 Å². The second-order valence-electron chi connectivity index (χ2n) is 9.94. The number of aromatic nitrogens is 5. The third-order valence-electron chi connectivity index (χ3n) is 7.10. The molecule has 0 saturated carbocycles. The molecule has 214 valence electrons. The Morgan fingerprint density at radius 2 is 1.90 bits per heavy atom. The maximum Gasteiger partial charge on any atom is 0.330 e. The molecule has 12 heteroatoms. The summed E-state index contributed by atoms with van der Waals surface area (Å²) in [6.45, 7) is 9.18. The first kappa shape index (κ1) is 27.7. The normalized spacial score (nSPS) is 12.6. The number of aromatic amines is 1. The molecule has 0 fully saturated rings. The Morgan fingerprint density at radius 3 is 2.56 bits per heavy atom.